The molecule has 1 heterocycles. The standard InChI is InChI=1S/C15H24N2O3/c1-5-15(6-2)12(18)16-14(20)17(13(15)19)11-8-7-9(3)10(11)4/h9-11H,5-8H2,1-4H3,(H,16,18,20). The number of nitrogens with one attached hydrogen (secondary N) is 1. The molecule has 0 spiro atoms. The van der Waals surface area contributed by atoms with E-state index in [-0.39, 0.29) is 17.9 Å². The van der Waals surface area contributed by atoms with Gasteiger partial charge in [-0.1, -0.05) is 27.7 Å². The first-order valence-electron chi connectivity index (χ1n) is 7.58. The number of carbonyl (C=O) groups is 3. The number of amides is 4. The van der Waals surface area contributed by atoms with Crippen LogP contribution in [0.25, 0.3) is 0 Å². The van der Waals surface area contributed by atoms with Crippen LogP contribution in [0.4, 0.5) is 4.79 Å². The van der Waals surface area contributed by atoms with Gasteiger partial charge in [-0.2, -0.15) is 0 Å². The SMILES string of the molecule is CCC1(CC)C(=O)NC(=O)N(C2CCC(C)C2C)C1=O. The van der Waals surface area contributed by atoms with Gasteiger partial charge in [0.15, 0.2) is 0 Å². The summed E-state index contributed by atoms with van der Waals surface area (Å²) in [5, 5.41) is 2.39. The summed E-state index contributed by atoms with van der Waals surface area (Å²) in [6, 6.07) is -0.619. The van der Waals surface area contributed by atoms with Crippen LogP contribution in [-0.4, -0.2) is 28.8 Å². The molecule has 0 aromatic carbocycles. The summed E-state index contributed by atoms with van der Waals surface area (Å²) in [5.41, 5.74) is -1.07. The maximum Gasteiger partial charge on any atom is 0.331 e. The summed E-state index contributed by atoms with van der Waals surface area (Å²) in [5.74, 6) is 0.0369. The Morgan fingerprint density at radius 1 is 1.15 bits per heavy atom. The number of hydrogen-bond donors (Lipinski definition) is 1. The molecule has 0 aromatic rings. The molecule has 2 fully saturated rings. The largest absolute Gasteiger partial charge is 0.331 e. The highest BCUT2D eigenvalue weighted by atomic mass is 16.2. The normalized spacial score (nSPS) is 33.5. The van der Waals surface area contributed by atoms with Gasteiger partial charge in [-0.3, -0.25) is 19.8 Å². The molecule has 3 unspecified atom stereocenters. The highest BCUT2D eigenvalue weighted by molar-refractivity contribution is 6.19. The van der Waals surface area contributed by atoms with Gasteiger partial charge in [0.25, 0.3) is 0 Å². The van der Waals surface area contributed by atoms with Crippen LogP contribution in [0.3, 0.4) is 0 Å². The van der Waals surface area contributed by atoms with E-state index in [1.807, 2.05) is 13.8 Å². The number of hydrogen-bond acceptors (Lipinski definition) is 3. The summed E-state index contributed by atoms with van der Waals surface area (Å²) in [7, 11) is 0. The molecule has 5 heteroatoms. The zero-order valence-electron chi connectivity index (χ0n) is 12.7. The molecule has 1 saturated heterocycles. The lowest BCUT2D eigenvalue weighted by Crippen LogP contribution is -2.66. The fraction of sp³-hybridized carbons (Fsp3) is 0.800. The van der Waals surface area contributed by atoms with Crippen LogP contribution in [0.1, 0.15) is 53.4 Å². The summed E-state index contributed by atoms with van der Waals surface area (Å²) in [6.45, 7) is 7.89. The molecule has 1 N–H and O–H groups in total. The lowest BCUT2D eigenvalue weighted by molar-refractivity contribution is -0.154. The minimum Gasteiger partial charge on any atom is -0.277 e. The number of imide groups is 2. The van der Waals surface area contributed by atoms with Gasteiger partial charge in [-0.25, -0.2) is 4.79 Å². The van der Waals surface area contributed by atoms with E-state index in [4.69, 9.17) is 0 Å². The molecule has 0 aromatic heterocycles. The lowest BCUT2D eigenvalue weighted by Gasteiger charge is -2.42. The first kappa shape index (κ1) is 15.0. The maximum absolute atomic E-state index is 12.8. The van der Waals surface area contributed by atoms with Crippen LogP contribution >= 0.6 is 0 Å². The van der Waals surface area contributed by atoms with Gasteiger partial charge >= 0.3 is 6.03 Å². The molecule has 1 aliphatic heterocycles. The number of rotatable bonds is 3. The van der Waals surface area contributed by atoms with Crippen molar-refractivity contribution in [3.63, 3.8) is 0 Å². The molecule has 4 amide bonds. The van der Waals surface area contributed by atoms with Crippen LogP contribution in [0.5, 0.6) is 0 Å². The smallest absolute Gasteiger partial charge is 0.277 e. The Morgan fingerprint density at radius 2 is 1.75 bits per heavy atom. The molecule has 2 rings (SSSR count). The van der Waals surface area contributed by atoms with Crippen LogP contribution in [0.2, 0.25) is 0 Å². The quantitative estimate of drug-likeness (QED) is 0.807. The Balaban J connectivity index is 2.36. The van der Waals surface area contributed by atoms with E-state index in [9.17, 15) is 14.4 Å². The molecule has 2 aliphatic rings. The molecule has 5 nitrogen and oxygen atoms in total. The predicted octanol–water partition coefficient (Wildman–Crippen LogP) is 2.31. The van der Waals surface area contributed by atoms with Crippen molar-refractivity contribution in [2.45, 2.75) is 59.4 Å². The Morgan fingerprint density at radius 3 is 2.20 bits per heavy atom. The topological polar surface area (TPSA) is 66.5 Å². The minimum atomic E-state index is -1.07. The summed E-state index contributed by atoms with van der Waals surface area (Å²) in [6.07, 6.45) is 2.70. The van der Waals surface area contributed by atoms with Gasteiger partial charge in [0.1, 0.15) is 5.41 Å². The van der Waals surface area contributed by atoms with E-state index in [0.29, 0.717) is 18.8 Å². The molecule has 3 atom stereocenters. The number of urea groups is 1. The molecule has 1 saturated carbocycles. The van der Waals surface area contributed by atoms with Crippen LogP contribution < -0.4 is 5.32 Å². The molecular formula is C15H24N2O3. The third-order valence-electron chi connectivity index (χ3n) is 5.46. The second-order valence-electron chi connectivity index (χ2n) is 6.20. The van der Waals surface area contributed by atoms with E-state index in [1.54, 1.807) is 0 Å². The highest BCUT2D eigenvalue weighted by Gasteiger charge is 2.54. The van der Waals surface area contributed by atoms with Gasteiger partial charge in [-0.05, 0) is 37.5 Å². The summed E-state index contributed by atoms with van der Waals surface area (Å²) < 4.78 is 0. The van der Waals surface area contributed by atoms with E-state index in [0.717, 1.165) is 12.8 Å². The number of nitrogens with zero attached hydrogens (tertiary/aromatic N) is 1. The third-order valence-corrected chi connectivity index (χ3v) is 5.46. The third kappa shape index (κ3) is 1.95. The zero-order chi connectivity index (χ0) is 15.1. The zero-order valence-corrected chi connectivity index (χ0v) is 12.7. The van der Waals surface area contributed by atoms with Crippen LogP contribution in [-0.2, 0) is 9.59 Å². The average molecular weight is 280 g/mol. The van der Waals surface area contributed by atoms with Crippen molar-refractivity contribution < 1.29 is 14.4 Å². The van der Waals surface area contributed by atoms with Gasteiger partial charge in [0, 0.05) is 6.04 Å². The van der Waals surface area contributed by atoms with Gasteiger partial charge in [0.05, 0.1) is 0 Å². The van der Waals surface area contributed by atoms with Crippen LogP contribution in [0, 0.1) is 17.3 Å². The van der Waals surface area contributed by atoms with Crippen molar-refractivity contribution in [1.82, 2.24) is 10.2 Å². The van der Waals surface area contributed by atoms with E-state index < -0.39 is 17.4 Å². The van der Waals surface area contributed by atoms with Crippen molar-refractivity contribution in [3.05, 3.63) is 0 Å². The monoisotopic (exact) mass is 280 g/mol. The fourth-order valence-corrected chi connectivity index (χ4v) is 3.57. The van der Waals surface area contributed by atoms with E-state index >= 15 is 0 Å². The van der Waals surface area contributed by atoms with E-state index in [1.165, 1.54) is 4.90 Å². The average Bonchev–Trinajstić information content (AvgIpc) is 2.72. The van der Waals surface area contributed by atoms with Crippen LogP contribution in [0.15, 0.2) is 0 Å². The number of barbiturate groups is 1. The summed E-state index contributed by atoms with van der Waals surface area (Å²) >= 11 is 0. The predicted molar refractivity (Wildman–Crippen MR) is 74.7 cm³/mol. The lowest BCUT2D eigenvalue weighted by atomic mass is 9.78. The Kier molecular flexibility index (Phi) is 3.89. The molecule has 0 bridgehead atoms. The Labute approximate surface area is 120 Å². The first-order chi connectivity index (χ1) is 9.39. The van der Waals surface area contributed by atoms with E-state index in [2.05, 4.69) is 19.2 Å². The second-order valence-corrected chi connectivity index (χ2v) is 6.20. The molecule has 0 radical (unpaired) electrons. The second kappa shape index (κ2) is 5.19. The highest BCUT2D eigenvalue weighted by Crippen LogP contribution is 2.40. The Bertz CT molecular complexity index is 442. The minimum absolute atomic E-state index is 0.0805. The molecular weight excluding hydrogens is 256 g/mol. The first-order valence-corrected chi connectivity index (χ1v) is 7.58. The summed E-state index contributed by atoms with van der Waals surface area (Å²) in [4.78, 5) is 38.4. The Hall–Kier alpha value is -1.39. The number of carbonyl (C=O) groups excluding carboxylic acids is 3. The van der Waals surface area contributed by atoms with Crippen molar-refractivity contribution >= 4 is 17.8 Å². The van der Waals surface area contributed by atoms with Gasteiger partial charge < -0.3 is 0 Å². The van der Waals surface area contributed by atoms with Crippen molar-refractivity contribution in [3.8, 4) is 0 Å². The van der Waals surface area contributed by atoms with Crippen molar-refractivity contribution in [1.29, 1.82) is 0 Å². The van der Waals surface area contributed by atoms with Crippen molar-refractivity contribution in [2.24, 2.45) is 17.3 Å². The fourth-order valence-electron chi connectivity index (χ4n) is 3.57. The molecule has 112 valence electrons. The molecule has 20 heavy (non-hydrogen) atoms. The molecule has 1 aliphatic carbocycles. The van der Waals surface area contributed by atoms with Crippen molar-refractivity contribution in [2.75, 3.05) is 0 Å². The maximum atomic E-state index is 12.8. The van der Waals surface area contributed by atoms with Gasteiger partial charge in [-0.15, -0.1) is 0 Å². The van der Waals surface area contributed by atoms with Gasteiger partial charge in [0.2, 0.25) is 11.8 Å².